The van der Waals surface area contributed by atoms with Gasteiger partial charge in [-0.05, 0) is 51.8 Å². The maximum Gasteiger partial charge on any atom is 0.341 e. The lowest BCUT2D eigenvalue weighted by atomic mass is 10.0. The predicted molar refractivity (Wildman–Crippen MR) is 79.1 cm³/mol. The van der Waals surface area contributed by atoms with Crippen molar-refractivity contribution < 1.29 is 13.9 Å². The van der Waals surface area contributed by atoms with Gasteiger partial charge in [0.15, 0.2) is 0 Å². The molecule has 2 atom stereocenters. The summed E-state index contributed by atoms with van der Waals surface area (Å²) in [6.07, 6.45) is 6.56. The second kappa shape index (κ2) is 6.62. The summed E-state index contributed by atoms with van der Waals surface area (Å²) in [6, 6.07) is 2.87. The average molecular weight is 292 g/mol. The number of hydrogen-bond acceptors (Lipinski definition) is 5. The van der Waals surface area contributed by atoms with Gasteiger partial charge in [-0.25, -0.2) is 4.79 Å². The Morgan fingerprint density at radius 2 is 2.38 bits per heavy atom. The van der Waals surface area contributed by atoms with E-state index in [4.69, 9.17) is 9.15 Å². The second-order valence-electron chi connectivity index (χ2n) is 5.86. The summed E-state index contributed by atoms with van der Waals surface area (Å²) in [6.45, 7) is 5.11. The SMILES string of the molecule is CCOC(=O)c1ccoc1CN1CCCC1C1CCCN1. The Morgan fingerprint density at radius 1 is 1.48 bits per heavy atom. The van der Waals surface area contributed by atoms with Crippen molar-refractivity contribution in [3.63, 3.8) is 0 Å². The van der Waals surface area contributed by atoms with Crippen molar-refractivity contribution in [1.82, 2.24) is 10.2 Å². The minimum Gasteiger partial charge on any atom is -0.467 e. The molecule has 0 radical (unpaired) electrons. The Kier molecular flexibility index (Phi) is 4.60. The highest BCUT2D eigenvalue weighted by Crippen LogP contribution is 2.27. The molecule has 0 saturated carbocycles. The number of carbonyl (C=O) groups is 1. The number of ether oxygens (including phenoxy) is 1. The fraction of sp³-hybridized carbons (Fsp3) is 0.688. The third-order valence-corrected chi connectivity index (χ3v) is 4.56. The molecule has 5 heteroatoms. The van der Waals surface area contributed by atoms with Crippen LogP contribution in [0.4, 0.5) is 0 Å². The van der Waals surface area contributed by atoms with Gasteiger partial charge in [0.2, 0.25) is 0 Å². The first-order valence-electron chi connectivity index (χ1n) is 8.00. The van der Waals surface area contributed by atoms with Crippen molar-refractivity contribution in [3.05, 3.63) is 23.7 Å². The van der Waals surface area contributed by atoms with Gasteiger partial charge in [-0.2, -0.15) is 0 Å². The molecule has 5 nitrogen and oxygen atoms in total. The zero-order valence-electron chi connectivity index (χ0n) is 12.6. The molecule has 3 rings (SSSR count). The maximum absolute atomic E-state index is 11.9. The quantitative estimate of drug-likeness (QED) is 0.843. The van der Waals surface area contributed by atoms with Crippen LogP contribution in [0.3, 0.4) is 0 Å². The van der Waals surface area contributed by atoms with Gasteiger partial charge in [0.1, 0.15) is 11.3 Å². The molecule has 21 heavy (non-hydrogen) atoms. The Morgan fingerprint density at radius 3 is 3.14 bits per heavy atom. The lowest BCUT2D eigenvalue weighted by Gasteiger charge is -2.28. The number of carbonyl (C=O) groups excluding carboxylic acids is 1. The van der Waals surface area contributed by atoms with Crippen LogP contribution in [-0.4, -0.2) is 42.6 Å². The van der Waals surface area contributed by atoms with E-state index in [2.05, 4.69) is 10.2 Å². The fourth-order valence-electron chi connectivity index (χ4n) is 3.58. The highest BCUT2D eigenvalue weighted by atomic mass is 16.5. The van der Waals surface area contributed by atoms with Gasteiger partial charge in [-0.3, -0.25) is 4.90 Å². The van der Waals surface area contributed by atoms with Gasteiger partial charge in [-0.15, -0.1) is 0 Å². The van der Waals surface area contributed by atoms with Gasteiger partial charge >= 0.3 is 5.97 Å². The molecular weight excluding hydrogens is 268 g/mol. The summed E-state index contributed by atoms with van der Waals surface area (Å²) >= 11 is 0. The zero-order chi connectivity index (χ0) is 14.7. The molecule has 2 unspecified atom stereocenters. The van der Waals surface area contributed by atoms with E-state index in [9.17, 15) is 4.79 Å². The predicted octanol–water partition coefficient (Wildman–Crippen LogP) is 2.17. The maximum atomic E-state index is 11.9. The largest absolute Gasteiger partial charge is 0.467 e. The van der Waals surface area contributed by atoms with E-state index in [1.54, 1.807) is 12.3 Å². The Hall–Kier alpha value is -1.33. The average Bonchev–Trinajstić information content (AvgIpc) is 3.20. The van der Waals surface area contributed by atoms with Crippen molar-refractivity contribution >= 4 is 5.97 Å². The summed E-state index contributed by atoms with van der Waals surface area (Å²) in [4.78, 5) is 14.4. The lowest BCUT2D eigenvalue weighted by Crippen LogP contribution is -2.43. The number of rotatable bonds is 5. The van der Waals surface area contributed by atoms with Crippen LogP contribution in [0.5, 0.6) is 0 Å². The molecule has 2 fully saturated rings. The summed E-state index contributed by atoms with van der Waals surface area (Å²) < 4.78 is 10.6. The summed E-state index contributed by atoms with van der Waals surface area (Å²) in [5.74, 6) is 0.453. The van der Waals surface area contributed by atoms with E-state index in [-0.39, 0.29) is 5.97 Å². The van der Waals surface area contributed by atoms with Crippen LogP contribution < -0.4 is 5.32 Å². The molecule has 0 aromatic carbocycles. The zero-order valence-corrected chi connectivity index (χ0v) is 12.6. The molecule has 0 aliphatic carbocycles. The molecule has 0 amide bonds. The van der Waals surface area contributed by atoms with E-state index in [0.717, 1.165) is 18.8 Å². The first-order chi connectivity index (χ1) is 10.3. The summed E-state index contributed by atoms with van der Waals surface area (Å²) in [7, 11) is 0. The van der Waals surface area contributed by atoms with Crippen molar-refractivity contribution in [2.75, 3.05) is 19.7 Å². The van der Waals surface area contributed by atoms with Crippen LogP contribution in [0.2, 0.25) is 0 Å². The monoisotopic (exact) mass is 292 g/mol. The van der Waals surface area contributed by atoms with Crippen molar-refractivity contribution in [2.45, 2.75) is 51.2 Å². The Labute approximate surface area is 125 Å². The van der Waals surface area contributed by atoms with E-state index in [1.165, 1.54) is 25.7 Å². The number of likely N-dealkylation sites (tertiary alicyclic amines) is 1. The molecule has 0 spiro atoms. The number of hydrogen-bond donors (Lipinski definition) is 1. The lowest BCUT2D eigenvalue weighted by molar-refractivity contribution is 0.0521. The van der Waals surface area contributed by atoms with E-state index in [0.29, 0.717) is 30.8 Å². The topological polar surface area (TPSA) is 54.7 Å². The fourth-order valence-corrected chi connectivity index (χ4v) is 3.58. The first-order valence-corrected chi connectivity index (χ1v) is 8.00. The molecule has 2 saturated heterocycles. The van der Waals surface area contributed by atoms with Gasteiger partial charge in [0, 0.05) is 12.1 Å². The van der Waals surface area contributed by atoms with E-state index >= 15 is 0 Å². The van der Waals surface area contributed by atoms with E-state index < -0.39 is 0 Å². The molecule has 3 heterocycles. The van der Waals surface area contributed by atoms with Crippen LogP contribution in [0, 0.1) is 0 Å². The Balaban J connectivity index is 1.68. The minimum atomic E-state index is -0.281. The minimum absolute atomic E-state index is 0.281. The molecule has 116 valence electrons. The summed E-state index contributed by atoms with van der Waals surface area (Å²) in [5, 5.41) is 3.60. The third-order valence-electron chi connectivity index (χ3n) is 4.56. The van der Waals surface area contributed by atoms with Gasteiger partial charge in [-0.1, -0.05) is 0 Å². The van der Waals surface area contributed by atoms with E-state index in [1.807, 2.05) is 6.92 Å². The van der Waals surface area contributed by atoms with Crippen molar-refractivity contribution in [1.29, 1.82) is 0 Å². The molecule has 2 aliphatic rings. The van der Waals surface area contributed by atoms with Crippen molar-refractivity contribution in [2.24, 2.45) is 0 Å². The molecule has 0 bridgehead atoms. The van der Waals surface area contributed by atoms with Gasteiger partial charge in [0.05, 0.1) is 19.4 Å². The summed E-state index contributed by atoms with van der Waals surface area (Å²) in [5.41, 5.74) is 0.571. The van der Waals surface area contributed by atoms with Gasteiger partial charge < -0.3 is 14.5 Å². The van der Waals surface area contributed by atoms with Crippen LogP contribution in [0.1, 0.15) is 48.7 Å². The highest BCUT2D eigenvalue weighted by Gasteiger charge is 2.34. The van der Waals surface area contributed by atoms with Crippen LogP contribution >= 0.6 is 0 Å². The Bertz CT molecular complexity index is 480. The van der Waals surface area contributed by atoms with Crippen molar-refractivity contribution in [3.8, 4) is 0 Å². The van der Waals surface area contributed by atoms with Crippen LogP contribution in [0.25, 0.3) is 0 Å². The number of furan rings is 1. The first kappa shape index (κ1) is 14.6. The highest BCUT2D eigenvalue weighted by molar-refractivity contribution is 5.90. The third kappa shape index (κ3) is 3.14. The number of nitrogens with zero attached hydrogens (tertiary/aromatic N) is 1. The molecular formula is C16H24N2O3. The molecule has 1 aromatic heterocycles. The standard InChI is InChI=1S/C16H24N2O3/c1-2-20-16(19)12-7-10-21-15(12)11-18-9-4-6-14(18)13-5-3-8-17-13/h7,10,13-14,17H,2-6,8-9,11H2,1H3. The number of nitrogens with one attached hydrogen (secondary N) is 1. The van der Waals surface area contributed by atoms with Gasteiger partial charge in [0.25, 0.3) is 0 Å². The number of esters is 1. The van der Waals surface area contributed by atoms with Crippen LogP contribution in [-0.2, 0) is 11.3 Å². The smallest absolute Gasteiger partial charge is 0.341 e. The molecule has 1 aromatic rings. The van der Waals surface area contributed by atoms with Crippen LogP contribution in [0.15, 0.2) is 16.7 Å². The molecule has 2 aliphatic heterocycles. The molecule has 1 N–H and O–H groups in total. The normalized spacial score (nSPS) is 26.3. The second-order valence-corrected chi connectivity index (χ2v) is 5.86.